The summed E-state index contributed by atoms with van der Waals surface area (Å²) < 4.78 is 23.5. The minimum atomic E-state index is -0.931. The number of hydrogen-bond donors (Lipinski definition) is 4. The molecule has 18 heteroatoms. The number of fused-ring (bicyclic) bond motifs is 1. The van der Waals surface area contributed by atoms with Crippen LogP contribution in [0.3, 0.4) is 0 Å². The quantitative estimate of drug-likeness (QED) is 0.0744. The fourth-order valence-corrected chi connectivity index (χ4v) is 6.47. The number of thiazole rings is 1. The number of phenolic OH excluding ortho intramolecular Hbond substituents is 2. The van der Waals surface area contributed by atoms with Crippen molar-refractivity contribution >= 4 is 52.7 Å². The second-order valence-corrected chi connectivity index (χ2v) is 14.6. The number of benzene rings is 2. The molecule has 0 spiro atoms. The molecule has 306 valence electrons. The zero-order valence-corrected chi connectivity index (χ0v) is 33.1. The Bertz CT molecular complexity index is 2190. The van der Waals surface area contributed by atoms with Gasteiger partial charge in [0.2, 0.25) is 17.7 Å². The van der Waals surface area contributed by atoms with Gasteiger partial charge >= 0.3 is 12.1 Å². The zero-order chi connectivity index (χ0) is 41.9. The fraction of sp³-hybridized carbons (Fsp3) is 0.410. The highest BCUT2D eigenvalue weighted by Gasteiger charge is 2.31. The average molecular weight is 810 g/mol. The van der Waals surface area contributed by atoms with Crippen LogP contribution in [0.1, 0.15) is 42.8 Å². The Hall–Kier alpha value is -5.87. The Morgan fingerprint density at radius 3 is 2.18 bits per heavy atom. The van der Waals surface area contributed by atoms with Crippen molar-refractivity contribution in [3.8, 4) is 35.1 Å². The molecule has 2 aromatic heterocycles. The van der Waals surface area contributed by atoms with E-state index >= 15 is 0 Å². The minimum absolute atomic E-state index is 0.0282. The van der Waals surface area contributed by atoms with Gasteiger partial charge in [-0.25, -0.2) is 14.6 Å². The van der Waals surface area contributed by atoms with Crippen molar-refractivity contribution in [2.24, 2.45) is 0 Å². The molecule has 4 aromatic rings. The van der Waals surface area contributed by atoms with Crippen LogP contribution in [0.4, 0.5) is 4.79 Å². The van der Waals surface area contributed by atoms with E-state index in [1.54, 1.807) is 46.0 Å². The second-order valence-electron chi connectivity index (χ2n) is 13.5. The monoisotopic (exact) mass is 809 g/mol. The zero-order valence-electron chi connectivity index (χ0n) is 32.3. The molecule has 0 aliphatic rings. The Labute approximate surface area is 332 Å². The summed E-state index contributed by atoms with van der Waals surface area (Å²) >= 11 is 1.17. The number of hydrogen-bond acceptors (Lipinski definition) is 15. The number of rotatable bonds is 20. The standard InChI is InChI=1S/C39H47N5O12S/c1-24-25(2)37(50)35(26(3)36(24)49)39(4,5)22-33(47)42(6)12-13-43(38(51)55-27-7-8-28-29(21-27)57-30(23-40)41-28)14-16-53-18-20-54-19-17-52-15-11-34(48)56-44-31(45)9-10-32(44)46/h7-10,21,45-46,49-50H,2-3,11-20,22H2,1,4-6H3. The fourth-order valence-electron chi connectivity index (χ4n) is 5.68. The van der Waals surface area contributed by atoms with Gasteiger partial charge in [0.15, 0.2) is 5.01 Å². The molecule has 2 heterocycles. The molecule has 57 heavy (non-hydrogen) atoms. The molecule has 0 saturated carbocycles. The summed E-state index contributed by atoms with van der Waals surface area (Å²) in [5.74, 6) is -1.81. The number of aromatic hydroxyl groups is 4. The summed E-state index contributed by atoms with van der Waals surface area (Å²) in [5.41, 5.74) is 0.400. The van der Waals surface area contributed by atoms with Crippen molar-refractivity contribution in [2.75, 3.05) is 66.3 Å². The minimum Gasteiger partial charge on any atom is -0.507 e. The third kappa shape index (κ3) is 11.6. The van der Waals surface area contributed by atoms with E-state index in [-0.39, 0.29) is 111 Å². The maximum atomic E-state index is 13.5. The Morgan fingerprint density at radius 2 is 1.53 bits per heavy atom. The Kier molecular flexibility index (Phi) is 15.3. The molecule has 0 aliphatic heterocycles. The van der Waals surface area contributed by atoms with Gasteiger partial charge in [-0.1, -0.05) is 27.0 Å². The van der Waals surface area contributed by atoms with Gasteiger partial charge in [0.1, 0.15) is 23.3 Å². The average Bonchev–Trinajstić information content (AvgIpc) is 3.73. The van der Waals surface area contributed by atoms with Crippen LogP contribution in [0, 0.1) is 18.3 Å². The molecule has 2 amide bonds. The number of carbonyl (C=O) groups is 3. The van der Waals surface area contributed by atoms with Crippen molar-refractivity contribution in [1.82, 2.24) is 19.5 Å². The van der Waals surface area contributed by atoms with Gasteiger partial charge in [-0.2, -0.15) is 5.26 Å². The highest BCUT2D eigenvalue weighted by atomic mass is 32.1. The number of aromatic nitrogens is 2. The SMILES string of the molecule is C=c1c(C)c(O)c(=C)c(C(C)(C)CC(=O)N(C)CCN(CCOCCOCCOCCC(=O)On2c(O)ccc2O)C(=O)Oc2ccc3nc(C#N)sc3c2)c1O. The maximum Gasteiger partial charge on any atom is 0.415 e. The summed E-state index contributed by atoms with van der Waals surface area (Å²) in [4.78, 5) is 50.7. The van der Waals surface area contributed by atoms with Gasteiger partial charge in [0, 0.05) is 78.3 Å². The first-order valence-electron chi connectivity index (χ1n) is 17.8. The molecule has 0 atom stereocenters. The van der Waals surface area contributed by atoms with Gasteiger partial charge in [0.05, 0.1) is 56.3 Å². The molecular weight excluding hydrogens is 763 g/mol. The summed E-state index contributed by atoms with van der Waals surface area (Å²) in [6.07, 6.45) is -0.855. The van der Waals surface area contributed by atoms with Crippen molar-refractivity contribution in [3.63, 3.8) is 0 Å². The number of nitrogens with zero attached hydrogens (tertiary/aromatic N) is 5. The first kappa shape index (κ1) is 43.9. The summed E-state index contributed by atoms with van der Waals surface area (Å²) in [6.45, 7) is 14.2. The van der Waals surface area contributed by atoms with Gasteiger partial charge in [0.25, 0.3) is 0 Å². The lowest BCUT2D eigenvalue weighted by molar-refractivity contribution is -0.146. The lowest BCUT2D eigenvalue weighted by Gasteiger charge is -2.30. The summed E-state index contributed by atoms with van der Waals surface area (Å²) in [5, 5.41) is 50.5. The molecule has 0 saturated heterocycles. The predicted molar refractivity (Wildman–Crippen MR) is 208 cm³/mol. The second kappa shape index (κ2) is 19.8. The van der Waals surface area contributed by atoms with E-state index in [1.165, 1.54) is 33.3 Å². The smallest absolute Gasteiger partial charge is 0.415 e. The third-order valence-corrected chi connectivity index (χ3v) is 9.85. The lowest BCUT2D eigenvalue weighted by atomic mass is 9.78. The van der Waals surface area contributed by atoms with Crippen molar-refractivity contribution in [2.45, 2.75) is 39.0 Å². The van der Waals surface area contributed by atoms with E-state index in [0.29, 0.717) is 26.1 Å². The first-order valence-corrected chi connectivity index (χ1v) is 18.6. The van der Waals surface area contributed by atoms with Gasteiger partial charge in [-0.05, 0) is 19.1 Å². The Morgan fingerprint density at radius 1 is 0.895 bits per heavy atom. The summed E-state index contributed by atoms with van der Waals surface area (Å²) in [6, 6.07) is 9.20. The molecule has 2 aromatic carbocycles. The van der Waals surface area contributed by atoms with Crippen LogP contribution in [0.25, 0.3) is 23.4 Å². The number of ether oxygens (including phenoxy) is 4. The normalized spacial score (nSPS) is 11.4. The first-order chi connectivity index (χ1) is 27.0. The number of phenols is 2. The molecule has 17 nitrogen and oxygen atoms in total. The van der Waals surface area contributed by atoms with Crippen LogP contribution in [0.15, 0.2) is 30.3 Å². The maximum absolute atomic E-state index is 13.5. The number of amides is 2. The number of carbonyl (C=O) groups excluding carboxylic acids is 3. The van der Waals surface area contributed by atoms with Gasteiger partial charge in [-0.15, -0.1) is 16.1 Å². The number of nitriles is 1. The molecule has 0 bridgehead atoms. The van der Waals surface area contributed by atoms with Crippen molar-refractivity contribution < 1.29 is 58.6 Å². The third-order valence-electron chi connectivity index (χ3n) is 8.93. The largest absolute Gasteiger partial charge is 0.507 e. The molecular formula is C39H47N5O12S. The predicted octanol–water partition coefficient (Wildman–Crippen LogP) is 2.64. The molecule has 0 radical (unpaired) electrons. The molecule has 0 fully saturated rings. The van der Waals surface area contributed by atoms with Crippen LogP contribution < -0.4 is 20.0 Å². The van der Waals surface area contributed by atoms with E-state index in [9.17, 15) is 40.1 Å². The molecule has 4 N–H and O–H groups in total. The van der Waals surface area contributed by atoms with E-state index in [0.717, 1.165) is 0 Å². The van der Waals surface area contributed by atoms with Crippen molar-refractivity contribution in [3.05, 3.63) is 56.9 Å². The van der Waals surface area contributed by atoms with Crippen LogP contribution in [-0.2, 0) is 29.2 Å². The van der Waals surface area contributed by atoms with E-state index in [4.69, 9.17) is 23.8 Å². The molecule has 4 rings (SSSR count). The van der Waals surface area contributed by atoms with Crippen LogP contribution in [0.5, 0.6) is 29.0 Å². The van der Waals surface area contributed by atoms with E-state index < -0.39 is 29.2 Å². The number of likely N-dealkylation sites (N-methyl/N-ethyl adjacent to an activating group) is 1. The Balaban J connectivity index is 1.26. The highest BCUT2D eigenvalue weighted by molar-refractivity contribution is 7.19. The van der Waals surface area contributed by atoms with Gasteiger partial charge < -0.3 is 54.0 Å². The van der Waals surface area contributed by atoms with Crippen LogP contribution in [-0.4, -0.2) is 124 Å². The molecule has 0 unspecified atom stereocenters. The van der Waals surface area contributed by atoms with E-state index in [1.807, 2.05) is 6.07 Å². The summed E-state index contributed by atoms with van der Waals surface area (Å²) in [7, 11) is 1.60. The molecule has 0 aliphatic carbocycles. The van der Waals surface area contributed by atoms with Gasteiger partial charge in [-0.3, -0.25) is 4.79 Å². The van der Waals surface area contributed by atoms with Crippen molar-refractivity contribution in [1.29, 1.82) is 5.26 Å². The topological polar surface area (TPSA) is 226 Å². The van der Waals surface area contributed by atoms with E-state index in [2.05, 4.69) is 18.1 Å². The lowest BCUT2D eigenvalue weighted by Crippen LogP contribution is -2.43. The van der Waals surface area contributed by atoms with Crippen LogP contribution >= 0.6 is 11.3 Å². The highest BCUT2D eigenvalue weighted by Crippen LogP contribution is 2.32. The van der Waals surface area contributed by atoms with Crippen LogP contribution in [0.2, 0.25) is 0 Å².